The van der Waals surface area contributed by atoms with E-state index in [-0.39, 0.29) is 5.92 Å². The molecule has 5 heteroatoms. The Kier molecular flexibility index (Phi) is 1.28. The number of aromatic nitrogens is 2. The smallest absolute Gasteiger partial charge is 0.272 e. The van der Waals surface area contributed by atoms with Gasteiger partial charge in [0.05, 0.1) is 0 Å². The largest absolute Gasteiger partial charge is 0.435 e. The molecule has 0 bridgehead atoms. The van der Waals surface area contributed by atoms with Crippen molar-refractivity contribution in [3.05, 3.63) is 17.0 Å². The van der Waals surface area contributed by atoms with Crippen LogP contribution in [-0.2, 0) is 19.6 Å². The Morgan fingerprint density at radius 1 is 1.43 bits per heavy atom. The Hall–Kier alpha value is -1.00. The molecule has 0 saturated heterocycles. The van der Waals surface area contributed by atoms with Gasteiger partial charge in [-0.1, -0.05) is 0 Å². The van der Waals surface area contributed by atoms with Crippen LogP contribution in [0.25, 0.3) is 0 Å². The molecule has 2 unspecified atom stereocenters. The van der Waals surface area contributed by atoms with Gasteiger partial charge in [0, 0.05) is 18.3 Å². The van der Waals surface area contributed by atoms with Gasteiger partial charge in [-0.15, -0.1) is 0 Å². The summed E-state index contributed by atoms with van der Waals surface area (Å²) in [7, 11) is 1.60. The quantitative estimate of drug-likeness (QED) is 0.630. The van der Waals surface area contributed by atoms with Crippen molar-refractivity contribution in [3.8, 4) is 0 Å². The van der Waals surface area contributed by atoms with E-state index in [1.54, 1.807) is 7.05 Å². The number of alkyl halides is 3. The van der Waals surface area contributed by atoms with Crippen LogP contribution < -0.4 is 0 Å². The minimum atomic E-state index is -4.29. The van der Waals surface area contributed by atoms with E-state index < -0.39 is 11.9 Å². The first-order valence-corrected chi connectivity index (χ1v) is 4.61. The Balaban J connectivity index is 2.18. The summed E-state index contributed by atoms with van der Waals surface area (Å²) in [6.07, 6.45) is -2.59. The van der Waals surface area contributed by atoms with Gasteiger partial charge in [0.25, 0.3) is 0 Å². The molecule has 0 radical (unpaired) electrons. The van der Waals surface area contributed by atoms with E-state index in [0.717, 1.165) is 18.5 Å². The molecule has 0 amide bonds. The van der Waals surface area contributed by atoms with Crippen LogP contribution in [0.5, 0.6) is 0 Å². The second-order valence-electron chi connectivity index (χ2n) is 4.14. The molecule has 2 aliphatic carbocycles. The Morgan fingerprint density at radius 2 is 2.14 bits per heavy atom. The van der Waals surface area contributed by atoms with E-state index in [1.165, 1.54) is 4.68 Å². The summed E-state index contributed by atoms with van der Waals surface area (Å²) in [5.41, 5.74) is 0.614. The summed E-state index contributed by atoms with van der Waals surface area (Å²) in [5.74, 6) is 0.616. The summed E-state index contributed by atoms with van der Waals surface area (Å²) >= 11 is 0. The van der Waals surface area contributed by atoms with Crippen molar-refractivity contribution < 1.29 is 13.2 Å². The molecular formula is C9H9F3N2. The first kappa shape index (κ1) is 8.32. The van der Waals surface area contributed by atoms with Gasteiger partial charge in [-0.05, 0) is 24.7 Å². The van der Waals surface area contributed by atoms with Crippen LogP contribution in [0.3, 0.4) is 0 Å². The minimum absolute atomic E-state index is 0.148. The standard InChI is InChI=1S/C9H9F3N2/c1-14-6-3-4-2-5(4)7(6)8(13-14)9(10,11)12/h4-5H,2-3H2,1H3. The first-order chi connectivity index (χ1) is 6.48. The average molecular weight is 202 g/mol. The number of hydrogen-bond donors (Lipinski definition) is 0. The molecule has 0 spiro atoms. The van der Waals surface area contributed by atoms with Gasteiger partial charge in [-0.3, -0.25) is 4.68 Å². The van der Waals surface area contributed by atoms with Gasteiger partial charge in [0.15, 0.2) is 5.69 Å². The SMILES string of the molecule is Cn1nc(C(F)(F)F)c2c1CC1CC21. The topological polar surface area (TPSA) is 17.8 Å². The number of nitrogens with zero attached hydrogens (tertiary/aromatic N) is 2. The molecule has 1 heterocycles. The highest BCUT2D eigenvalue weighted by Crippen LogP contribution is 2.58. The number of hydrogen-bond acceptors (Lipinski definition) is 1. The van der Waals surface area contributed by atoms with E-state index in [1.807, 2.05) is 0 Å². The third-order valence-corrected chi connectivity index (χ3v) is 3.22. The molecule has 1 aromatic rings. The Bertz CT molecular complexity index is 405. The molecule has 0 aromatic carbocycles. The van der Waals surface area contributed by atoms with Crippen LogP contribution in [-0.4, -0.2) is 9.78 Å². The van der Waals surface area contributed by atoms with E-state index >= 15 is 0 Å². The number of fused-ring (bicyclic) bond motifs is 3. The van der Waals surface area contributed by atoms with Crippen LogP contribution in [0.15, 0.2) is 0 Å². The molecule has 2 aliphatic rings. The third kappa shape index (κ3) is 0.898. The van der Waals surface area contributed by atoms with Crippen molar-refractivity contribution >= 4 is 0 Å². The molecule has 1 saturated carbocycles. The summed E-state index contributed by atoms with van der Waals surface area (Å²) in [6, 6.07) is 0. The van der Waals surface area contributed by atoms with Crippen molar-refractivity contribution in [1.29, 1.82) is 0 Å². The lowest BCUT2D eigenvalue weighted by Crippen LogP contribution is -2.09. The first-order valence-electron chi connectivity index (χ1n) is 4.61. The van der Waals surface area contributed by atoms with Crippen LogP contribution >= 0.6 is 0 Å². The second kappa shape index (κ2) is 2.15. The van der Waals surface area contributed by atoms with Gasteiger partial charge >= 0.3 is 6.18 Å². The molecule has 2 atom stereocenters. The Morgan fingerprint density at radius 3 is 2.79 bits per heavy atom. The summed E-state index contributed by atoms with van der Waals surface area (Å²) in [4.78, 5) is 0. The zero-order chi connectivity index (χ0) is 10.1. The fourth-order valence-corrected chi connectivity index (χ4v) is 2.49. The highest BCUT2D eigenvalue weighted by molar-refractivity contribution is 5.42. The maximum Gasteiger partial charge on any atom is 0.435 e. The third-order valence-electron chi connectivity index (χ3n) is 3.22. The van der Waals surface area contributed by atoms with Gasteiger partial charge < -0.3 is 0 Å². The van der Waals surface area contributed by atoms with Crippen LogP contribution in [0.4, 0.5) is 13.2 Å². The molecule has 1 fully saturated rings. The van der Waals surface area contributed by atoms with E-state index in [2.05, 4.69) is 5.10 Å². The van der Waals surface area contributed by atoms with Crippen molar-refractivity contribution in [3.63, 3.8) is 0 Å². The molecule has 2 nitrogen and oxygen atoms in total. The molecule has 76 valence electrons. The molecule has 0 aliphatic heterocycles. The van der Waals surface area contributed by atoms with Crippen LogP contribution in [0.2, 0.25) is 0 Å². The minimum Gasteiger partial charge on any atom is -0.272 e. The van der Waals surface area contributed by atoms with E-state index in [4.69, 9.17) is 0 Å². The fourth-order valence-electron chi connectivity index (χ4n) is 2.49. The summed E-state index contributed by atoms with van der Waals surface area (Å²) in [5, 5.41) is 3.57. The van der Waals surface area contributed by atoms with Gasteiger partial charge in [-0.2, -0.15) is 18.3 Å². The van der Waals surface area contributed by atoms with Crippen LogP contribution in [0.1, 0.15) is 29.3 Å². The predicted octanol–water partition coefficient (Wildman–Crippen LogP) is 2.10. The predicted molar refractivity (Wildman–Crippen MR) is 42.8 cm³/mol. The van der Waals surface area contributed by atoms with Crippen LogP contribution in [0, 0.1) is 5.92 Å². The fraction of sp³-hybridized carbons (Fsp3) is 0.667. The lowest BCUT2D eigenvalue weighted by molar-refractivity contribution is -0.142. The highest BCUT2D eigenvalue weighted by Gasteiger charge is 2.53. The zero-order valence-corrected chi connectivity index (χ0v) is 7.60. The molecule has 1 aromatic heterocycles. The molecule has 0 N–H and O–H groups in total. The van der Waals surface area contributed by atoms with Crippen molar-refractivity contribution in [2.45, 2.75) is 24.9 Å². The lowest BCUT2D eigenvalue weighted by atomic mass is 10.1. The van der Waals surface area contributed by atoms with E-state index in [0.29, 0.717) is 11.5 Å². The highest BCUT2D eigenvalue weighted by atomic mass is 19.4. The van der Waals surface area contributed by atoms with E-state index in [9.17, 15) is 13.2 Å². The maximum atomic E-state index is 12.6. The molecule has 3 rings (SSSR count). The number of aryl methyl sites for hydroxylation is 1. The Labute approximate surface area is 78.7 Å². The van der Waals surface area contributed by atoms with Crippen molar-refractivity contribution in [1.82, 2.24) is 9.78 Å². The number of halogens is 3. The molecule has 14 heavy (non-hydrogen) atoms. The van der Waals surface area contributed by atoms with Crippen molar-refractivity contribution in [2.75, 3.05) is 0 Å². The maximum absolute atomic E-state index is 12.6. The van der Waals surface area contributed by atoms with Crippen molar-refractivity contribution in [2.24, 2.45) is 13.0 Å². The summed E-state index contributed by atoms with van der Waals surface area (Å²) in [6.45, 7) is 0. The second-order valence-corrected chi connectivity index (χ2v) is 4.14. The monoisotopic (exact) mass is 202 g/mol. The molecular weight excluding hydrogens is 193 g/mol. The van der Waals surface area contributed by atoms with Gasteiger partial charge in [0.2, 0.25) is 0 Å². The zero-order valence-electron chi connectivity index (χ0n) is 7.60. The normalized spacial score (nSPS) is 28.9. The van der Waals surface area contributed by atoms with Gasteiger partial charge in [0.1, 0.15) is 0 Å². The lowest BCUT2D eigenvalue weighted by Gasteiger charge is -2.03. The summed E-state index contributed by atoms with van der Waals surface area (Å²) < 4.78 is 39.1. The van der Waals surface area contributed by atoms with Gasteiger partial charge in [-0.25, -0.2) is 0 Å². The number of rotatable bonds is 0. The average Bonchev–Trinajstić information content (AvgIpc) is 2.59.